The minimum absolute atomic E-state index is 0.00116. The first-order chi connectivity index (χ1) is 18.4. The first-order valence-corrected chi connectivity index (χ1v) is 12.8. The third-order valence-electron chi connectivity index (χ3n) is 6.72. The number of benzene rings is 1. The van der Waals surface area contributed by atoms with Gasteiger partial charge in [-0.05, 0) is 92.6 Å². The minimum atomic E-state index is -0.205. The zero-order chi connectivity index (χ0) is 26.8. The van der Waals surface area contributed by atoms with Crippen molar-refractivity contribution in [3.05, 3.63) is 101 Å². The molecular formula is C29H30N6O2S. The van der Waals surface area contributed by atoms with Crippen molar-refractivity contribution in [3.63, 3.8) is 0 Å². The molecule has 4 heterocycles. The Hall–Kier alpha value is -4.08. The zero-order valence-corrected chi connectivity index (χ0v) is 22.6. The van der Waals surface area contributed by atoms with Gasteiger partial charge in [0.2, 0.25) is 5.91 Å². The fraction of sp³-hybridized carbons (Fsp3) is 0.241. The van der Waals surface area contributed by atoms with E-state index in [2.05, 4.69) is 56.0 Å². The number of rotatable bonds is 7. The number of aromatic nitrogens is 3. The van der Waals surface area contributed by atoms with Gasteiger partial charge in [0.05, 0.1) is 17.8 Å². The van der Waals surface area contributed by atoms with E-state index >= 15 is 0 Å². The predicted molar refractivity (Wildman–Crippen MR) is 153 cm³/mol. The van der Waals surface area contributed by atoms with E-state index in [1.165, 1.54) is 7.11 Å². The smallest absolute Gasteiger partial charge is 0.250 e. The second-order valence-corrected chi connectivity index (χ2v) is 9.77. The number of carbonyl (C=O) groups excluding carboxylic acids is 1. The van der Waals surface area contributed by atoms with E-state index in [1.807, 2.05) is 61.7 Å². The molecule has 2 atom stereocenters. The Kier molecular flexibility index (Phi) is 7.22. The number of hydrogen-bond acceptors (Lipinski definition) is 5. The molecule has 1 aliphatic rings. The first kappa shape index (κ1) is 25.6. The molecule has 0 spiro atoms. The molecule has 0 bridgehead atoms. The lowest BCUT2D eigenvalue weighted by Crippen LogP contribution is -2.29. The predicted octanol–water partition coefficient (Wildman–Crippen LogP) is 4.95. The SMILES string of the molecule is COCC(=O)Nc1ccc(N2C(=S)NC(c3ccccn3)C2c2cc(C)n(-c3ccc(C)cn3)c2C)cc1. The number of thiocarbonyl (C=S) groups is 1. The van der Waals surface area contributed by atoms with E-state index < -0.39 is 0 Å². The van der Waals surface area contributed by atoms with E-state index in [9.17, 15) is 4.79 Å². The number of hydrogen-bond donors (Lipinski definition) is 2. The van der Waals surface area contributed by atoms with E-state index in [-0.39, 0.29) is 24.6 Å². The van der Waals surface area contributed by atoms with Crippen molar-refractivity contribution in [2.45, 2.75) is 32.9 Å². The van der Waals surface area contributed by atoms with Crippen LogP contribution in [0.3, 0.4) is 0 Å². The molecule has 9 heteroatoms. The number of amides is 1. The van der Waals surface area contributed by atoms with Gasteiger partial charge in [-0.15, -0.1) is 0 Å². The van der Waals surface area contributed by atoms with Gasteiger partial charge in [0.15, 0.2) is 5.11 Å². The molecule has 2 unspecified atom stereocenters. The van der Waals surface area contributed by atoms with Crippen LogP contribution in [0, 0.1) is 20.8 Å². The Morgan fingerprint density at radius 3 is 2.53 bits per heavy atom. The summed E-state index contributed by atoms with van der Waals surface area (Å²) in [4.78, 5) is 23.4. The van der Waals surface area contributed by atoms with Crippen molar-refractivity contribution in [2.75, 3.05) is 23.9 Å². The van der Waals surface area contributed by atoms with Crippen LogP contribution in [-0.4, -0.2) is 39.3 Å². The van der Waals surface area contributed by atoms with E-state index in [4.69, 9.17) is 17.0 Å². The molecule has 4 aromatic rings. The second-order valence-electron chi connectivity index (χ2n) is 9.38. The van der Waals surface area contributed by atoms with Crippen LogP contribution in [0.1, 0.15) is 40.3 Å². The number of ether oxygens (including phenoxy) is 1. The van der Waals surface area contributed by atoms with Crippen molar-refractivity contribution in [3.8, 4) is 5.82 Å². The second kappa shape index (κ2) is 10.7. The van der Waals surface area contributed by atoms with Crippen LogP contribution < -0.4 is 15.5 Å². The summed E-state index contributed by atoms with van der Waals surface area (Å²) in [6.45, 7) is 6.25. The summed E-state index contributed by atoms with van der Waals surface area (Å²) in [5.74, 6) is 0.673. The van der Waals surface area contributed by atoms with Gasteiger partial charge in [-0.25, -0.2) is 4.98 Å². The van der Waals surface area contributed by atoms with Gasteiger partial charge in [0.25, 0.3) is 0 Å². The monoisotopic (exact) mass is 526 g/mol. The van der Waals surface area contributed by atoms with E-state index in [1.54, 1.807) is 6.20 Å². The molecule has 1 saturated heterocycles. The van der Waals surface area contributed by atoms with Crippen LogP contribution in [-0.2, 0) is 9.53 Å². The van der Waals surface area contributed by atoms with Crippen LogP contribution in [0.2, 0.25) is 0 Å². The molecule has 2 N–H and O–H groups in total. The van der Waals surface area contributed by atoms with Gasteiger partial charge in [-0.3, -0.25) is 9.78 Å². The Labute approximate surface area is 227 Å². The standard InChI is InChI=1S/C29H30N6O2S/c1-18-8-13-25(31-16-18)34-19(2)15-23(20(34)3)28-27(24-7-5-6-14-30-24)33-29(38)35(28)22-11-9-21(10-12-22)32-26(36)17-37-4/h5-16,27-28H,17H2,1-4H3,(H,32,36)(H,33,38). The lowest BCUT2D eigenvalue weighted by atomic mass is 9.96. The van der Waals surface area contributed by atoms with Crippen LogP contribution in [0.4, 0.5) is 11.4 Å². The molecule has 0 radical (unpaired) electrons. The Balaban J connectivity index is 1.57. The molecule has 0 aliphatic carbocycles. The molecule has 1 aliphatic heterocycles. The summed E-state index contributed by atoms with van der Waals surface area (Å²) in [6, 6.07) is 19.6. The zero-order valence-electron chi connectivity index (χ0n) is 21.8. The van der Waals surface area contributed by atoms with Crippen LogP contribution in [0.5, 0.6) is 0 Å². The van der Waals surface area contributed by atoms with Crippen molar-refractivity contribution in [2.24, 2.45) is 0 Å². The van der Waals surface area contributed by atoms with Crippen LogP contribution in [0.25, 0.3) is 5.82 Å². The third kappa shape index (κ3) is 4.90. The maximum Gasteiger partial charge on any atom is 0.250 e. The maximum atomic E-state index is 12.0. The van der Waals surface area contributed by atoms with Crippen molar-refractivity contribution < 1.29 is 9.53 Å². The molecule has 194 valence electrons. The quantitative estimate of drug-likeness (QED) is 0.330. The highest BCUT2D eigenvalue weighted by Gasteiger charge is 2.42. The Morgan fingerprint density at radius 2 is 1.87 bits per heavy atom. The van der Waals surface area contributed by atoms with E-state index in [0.717, 1.165) is 39.7 Å². The number of pyridine rings is 2. The summed E-state index contributed by atoms with van der Waals surface area (Å²) in [5.41, 5.74) is 6.93. The number of nitrogens with one attached hydrogen (secondary N) is 2. The van der Waals surface area contributed by atoms with Crippen molar-refractivity contribution in [1.29, 1.82) is 0 Å². The van der Waals surface area contributed by atoms with E-state index in [0.29, 0.717) is 10.8 Å². The average Bonchev–Trinajstić information content (AvgIpc) is 3.41. The molecular weight excluding hydrogens is 496 g/mol. The maximum absolute atomic E-state index is 12.0. The Morgan fingerprint density at radius 1 is 1.08 bits per heavy atom. The summed E-state index contributed by atoms with van der Waals surface area (Å²) in [6.07, 6.45) is 3.69. The fourth-order valence-corrected chi connectivity index (χ4v) is 5.36. The largest absolute Gasteiger partial charge is 0.375 e. The highest BCUT2D eigenvalue weighted by atomic mass is 32.1. The molecule has 3 aromatic heterocycles. The molecule has 1 fully saturated rings. The fourth-order valence-electron chi connectivity index (χ4n) is 5.01. The number of carbonyl (C=O) groups is 1. The number of anilines is 2. The van der Waals surface area contributed by atoms with Gasteiger partial charge < -0.3 is 24.8 Å². The van der Waals surface area contributed by atoms with Crippen LogP contribution >= 0.6 is 12.2 Å². The Bertz CT molecular complexity index is 1450. The third-order valence-corrected chi connectivity index (χ3v) is 7.03. The highest BCUT2D eigenvalue weighted by molar-refractivity contribution is 7.80. The minimum Gasteiger partial charge on any atom is -0.375 e. The lowest BCUT2D eigenvalue weighted by molar-refractivity contribution is -0.119. The topological polar surface area (TPSA) is 84.3 Å². The summed E-state index contributed by atoms with van der Waals surface area (Å²) < 4.78 is 7.09. The van der Waals surface area contributed by atoms with Gasteiger partial charge >= 0.3 is 0 Å². The first-order valence-electron chi connectivity index (χ1n) is 12.4. The number of methoxy groups -OCH3 is 1. The summed E-state index contributed by atoms with van der Waals surface area (Å²) in [7, 11) is 1.49. The molecule has 5 rings (SSSR count). The molecule has 0 saturated carbocycles. The lowest BCUT2D eigenvalue weighted by Gasteiger charge is -2.28. The normalized spacial score (nSPS) is 16.9. The van der Waals surface area contributed by atoms with Gasteiger partial charge in [0.1, 0.15) is 12.4 Å². The number of nitrogens with zero attached hydrogens (tertiary/aromatic N) is 4. The molecule has 1 aromatic carbocycles. The number of aryl methyl sites for hydroxylation is 2. The van der Waals surface area contributed by atoms with Crippen molar-refractivity contribution in [1.82, 2.24) is 19.9 Å². The van der Waals surface area contributed by atoms with Crippen LogP contribution in [0.15, 0.2) is 73.1 Å². The molecule has 8 nitrogen and oxygen atoms in total. The van der Waals surface area contributed by atoms with Gasteiger partial charge in [0, 0.05) is 42.3 Å². The molecule has 38 heavy (non-hydrogen) atoms. The van der Waals surface area contributed by atoms with Gasteiger partial charge in [-0.2, -0.15) is 0 Å². The van der Waals surface area contributed by atoms with Gasteiger partial charge in [-0.1, -0.05) is 12.1 Å². The summed E-state index contributed by atoms with van der Waals surface area (Å²) in [5, 5.41) is 6.97. The summed E-state index contributed by atoms with van der Waals surface area (Å²) >= 11 is 5.89. The highest BCUT2D eigenvalue weighted by Crippen LogP contribution is 2.43. The molecule has 1 amide bonds. The van der Waals surface area contributed by atoms with Crippen molar-refractivity contribution >= 4 is 34.6 Å². The average molecular weight is 527 g/mol.